The van der Waals surface area contributed by atoms with Crippen LogP contribution in [-0.4, -0.2) is 18.0 Å². The van der Waals surface area contributed by atoms with E-state index in [-0.39, 0.29) is 5.91 Å². The molecule has 3 aromatic rings. The zero-order chi connectivity index (χ0) is 16.2. The molecule has 2 aromatic carbocycles. The SMILES string of the molecule is COc1ccc(C=CC(=O)Nc2nc3c(Cl)cccc3s2)cc1. The molecule has 0 spiro atoms. The number of hydrogen-bond acceptors (Lipinski definition) is 4. The highest BCUT2D eigenvalue weighted by atomic mass is 35.5. The van der Waals surface area contributed by atoms with Gasteiger partial charge in [0, 0.05) is 6.08 Å². The standard InChI is InChI=1S/C17H13ClN2O2S/c1-22-12-8-5-11(6-9-12)7-10-15(21)19-17-20-16-13(18)3-2-4-14(16)23-17/h2-10H,1H3,(H,19,20,21). The first-order valence-electron chi connectivity index (χ1n) is 6.84. The lowest BCUT2D eigenvalue weighted by molar-refractivity contribution is -0.111. The number of ether oxygens (including phenoxy) is 1. The molecule has 23 heavy (non-hydrogen) atoms. The fourth-order valence-corrected chi connectivity index (χ4v) is 3.17. The van der Waals surface area contributed by atoms with Gasteiger partial charge in [-0.1, -0.05) is 41.1 Å². The molecule has 0 aliphatic heterocycles. The number of carbonyl (C=O) groups is 1. The van der Waals surface area contributed by atoms with Crippen LogP contribution in [0.5, 0.6) is 5.75 Å². The van der Waals surface area contributed by atoms with Crippen LogP contribution < -0.4 is 10.1 Å². The third-order valence-corrected chi connectivity index (χ3v) is 4.38. The highest BCUT2D eigenvalue weighted by Gasteiger charge is 2.08. The predicted octanol–water partition coefficient (Wildman–Crippen LogP) is 4.61. The normalized spacial score (nSPS) is 11.0. The van der Waals surface area contributed by atoms with E-state index in [4.69, 9.17) is 16.3 Å². The maximum absolute atomic E-state index is 12.0. The molecule has 0 radical (unpaired) electrons. The number of nitrogens with one attached hydrogen (secondary N) is 1. The van der Waals surface area contributed by atoms with Crippen LogP contribution >= 0.6 is 22.9 Å². The molecule has 3 rings (SSSR count). The fraction of sp³-hybridized carbons (Fsp3) is 0.0588. The summed E-state index contributed by atoms with van der Waals surface area (Å²) in [6.07, 6.45) is 3.20. The average Bonchev–Trinajstić information content (AvgIpc) is 2.97. The van der Waals surface area contributed by atoms with Crippen LogP contribution in [0, 0.1) is 0 Å². The molecule has 1 aromatic heterocycles. The molecule has 1 N–H and O–H groups in total. The summed E-state index contributed by atoms with van der Waals surface area (Å²) in [4.78, 5) is 16.3. The van der Waals surface area contributed by atoms with E-state index in [1.165, 1.54) is 17.4 Å². The molecular formula is C17H13ClN2O2S. The number of fused-ring (bicyclic) bond motifs is 1. The monoisotopic (exact) mass is 344 g/mol. The van der Waals surface area contributed by atoms with Gasteiger partial charge in [0.1, 0.15) is 11.3 Å². The molecule has 0 saturated carbocycles. The molecule has 0 fully saturated rings. The first-order valence-corrected chi connectivity index (χ1v) is 8.03. The molecule has 0 aliphatic carbocycles. The summed E-state index contributed by atoms with van der Waals surface area (Å²) in [5.74, 6) is 0.536. The molecule has 0 atom stereocenters. The number of anilines is 1. The molecule has 6 heteroatoms. The van der Waals surface area contributed by atoms with Gasteiger partial charge in [-0.2, -0.15) is 0 Å². The minimum absolute atomic E-state index is 0.240. The number of para-hydroxylation sites is 1. The van der Waals surface area contributed by atoms with E-state index in [2.05, 4.69) is 10.3 Å². The smallest absolute Gasteiger partial charge is 0.250 e. The lowest BCUT2D eigenvalue weighted by Crippen LogP contribution is -2.07. The van der Waals surface area contributed by atoms with E-state index in [0.29, 0.717) is 15.7 Å². The van der Waals surface area contributed by atoms with Gasteiger partial charge in [-0.05, 0) is 35.9 Å². The quantitative estimate of drug-likeness (QED) is 0.703. The van der Waals surface area contributed by atoms with Crippen LogP contribution in [0.1, 0.15) is 5.56 Å². The summed E-state index contributed by atoms with van der Waals surface area (Å²) in [5.41, 5.74) is 1.61. The van der Waals surface area contributed by atoms with E-state index in [9.17, 15) is 4.79 Å². The Hall–Kier alpha value is -2.37. The van der Waals surface area contributed by atoms with Gasteiger partial charge in [-0.25, -0.2) is 4.98 Å². The summed E-state index contributed by atoms with van der Waals surface area (Å²) in [5, 5.41) is 3.85. The van der Waals surface area contributed by atoms with Crippen molar-refractivity contribution in [3.63, 3.8) is 0 Å². The number of methoxy groups -OCH3 is 1. The topological polar surface area (TPSA) is 51.2 Å². The number of hydrogen-bond donors (Lipinski definition) is 1. The zero-order valence-corrected chi connectivity index (χ0v) is 13.8. The highest BCUT2D eigenvalue weighted by molar-refractivity contribution is 7.22. The Morgan fingerprint density at radius 3 is 2.74 bits per heavy atom. The molecule has 0 bridgehead atoms. The lowest BCUT2D eigenvalue weighted by atomic mass is 10.2. The number of amides is 1. The third-order valence-electron chi connectivity index (χ3n) is 3.14. The molecule has 1 heterocycles. The summed E-state index contributed by atoms with van der Waals surface area (Å²) in [6.45, 7) is 0. The molecular weight excluding hydrogens is 332 g/mol. The van der Waals surface area contributed by atoms with Crippen molar-refractivity contribution in [2.45, 2.75) is 0 Å². The molecule has 0 saturated heterocycles. The van der Waals surface area contributed by atoms with Crippen molar-refractivity contribution >= 4 is 50.3 Å². The van der Waals surface area contributed by atoms with Gasteiger partial charge in [0.25, 0.3) is 0 Å². The van der Waals surface area contributed by atoms with Crippen LogP contribution in [-0.2, 0) is 4.79 Å². The van der Waals surface area contributed by atoms with E-state index in [1.807, 2.05) is 36.4 Å². The maximum atomic E-state index is 12.0. The summed E-state index contributed by atoms with van der Waals surface area (Å²) >= 11 is 7.47. The minimum Gasteiger partial charge on any atom is -0.497 e. The second-order valence-corrected chi connectivity index (χ2v) is 6.14. The van der Waals surface area contributed by atoms with Crippen molar-refractivity contribution in [1.82, 2.24) is 4.98 Å². The largest absolute Gasteiger partial charge is 0.497 e. The van der Waals surface area contributed by atoms with Crippen molar-refractivity contribution in [3.8, 4) is 5.75 Å². The number of aromatic nitrogens is 1. The van der Waals surface area contributed by atoms with Gasteiger partial charge in [0.05, 0.1) is 16.8 Å². The molecule has 4 nitrogen and oxygen atoms in total. The summed E-state index contributed by atoms with van der Waals surface area (Å²) < 4.78 is 6.03. The maximum Gasteiger partial charge on any atom is 0.250 e. The Morgan fingerprint density at radius 1 is 1.26 bits per heavy atom. The molecule has 0 aliphatic rings. The molecule has 1 amide bonds. The van der Waals surface area contributed by atoms with Gasteiger partial charge >= 0.3 is 0 Å². The Kier molecular flexibility index (Phi) is 4.60. The summed E-state index contributed by atoms with van der Waals surface area (Å²) in [6, 6.07) is 13.0. The number of rotatable bonds is 4. The summed E-state index contributed by atoms with van der Waals surface area (Å²) in [7, 11) is 1.61. The number of thiazole rings is 1. The van der Waals surface area contributed by atoms with Gasteiger partial charge in [-0.3, -0.25) is 10.1 Å². The second-order valence-electron chi connectivity index (χ2n) is 4.70. The first-order chi connectivity index (χ1) is 11.2. The van der Waals surface area contributed by atoms with Crippen LogP contribution in [0.25, 0.3) is 16.3 Å². The Labute approximate surface area is 142 Å². The van der Waals surface area contributed by atoms with E-state index >= 15 is 0 Å². The van der Waals surface area contributed by atoms with E-state index < -0.39 is 0 Å². The van der Waals surface area contributed by atoms with Crippen LogP contribution in [0.2, 0.25) is 5.02 Å². The third kappa shape index (κ3) is 3.70. The van der Waals surface area contributed by atoms with E-state index in [1.54, 1.807) is 19.3 Å². The average molecular weight is 345 g/mol. The van der Waals surface area contributed by atoms with Gasteiger partial charge in [0.15, 0.2) is 5.13 Å². The van der Waals surface area contributed by atoms with E-state index in [0.717, 1.165) is 16.0 Å². The number of benzene rings is 2. The van der Waals surface area contributed by atoms with Crippen molar-refractivity contribution in [1.29, 1.82) is 0 Å². The number of halogens is 1. The predicted molar refractivity (Wildman–Crippen MR) is 95.3 cm³/mol. The number of nitrogens with zero attached hydrogens (tertiary/aromatic N) is 1. The van der Waals surface area contributed by atoms with Gasteiger partial charge in [-0.15, -0.1) is 0 Å². The minimum atomic E-state index is -0.240. The lowest BCUT2D eigenvalue weighted by Gasteiger charge is -1.99. The van der Waals surface area contributed by atoms with Crippen molar-refractivity contribution < 1.29 is 9.53 Å². The van der Waals surface area contributed by atoms with Crippen molar-refractivity contribution in [2.75, 3.05) is 12.4 Å². The van der Waals surface area contributed by atoms with Crippen molar-refractivity contribution in [2.24, 2.45) is 0 Å². The molecule has 116 valence electrons. The first kappa shape index (κ1) is 15.5. The van der Waals surface area contributed by atoms with Crippen LogP contribution in [0.15, 0.2) is 48.5 Å². The Morgan fingerprint density at radius 2 is 2.04 bits per heavy atom. The Balaban J connectivity index is 1.70. The Bertz CT molecular complexity index is 872. The van der Waals surface area contributed by atoms with Crippen LogP contribution in [0.3, 0.4) is 0 Å². The zero-order valence-electron chi connectivity index (χ0n) is 12.2. The number of carbonyl (C=O) groups excluding carboxylic acids is 1. The van der Waals surface area contributed by atoms with Crippen LogP contribution in [0.4, 0.5) is 5.13 Å². The van der Waals surface area contributed by atoms with Gasteiger partial charge in [0.2, 0.25) is 5.91 Å². The van der Waals surface area contributed by atoms with Crippen molar-refractivity contribution in [3.05, 3.63) is 59.1 Å². The fourth-order valence-electron chi connectivity index (χ4n) is 2.00. The highest BCUT2D eigenvalue weighted by Crippen LogP contribution is 2.30. The second kappa shape index (κ2) is 6.81. The molecule has 0 unspecified atom stereocenters. The van der Waals surface area contributed by atoms with Gasteiger partial charge < -0.3 is 4.74 Å².